The van der Waals surface area contributed by atoms with Crippen LogP contribution in [0.2, 0.25) is 0 Å². The molecule has 11 unspecified atom stereocenters. The van der Waals surface area contributed by atoms with Crippen molar-refractivity contribution in [2.75, 3.05) is 19.7 Å². The van der Waals surface area contributed by atoms with Crippen molar-refractivity contribution in [3.8, 4) is 0 Å². The number of ether oxygens (including phenoxy) is 6. The summed E-state index contributed by atoms with van der Waals surface area (Å²) < 4.78 is 35.2. The summed E-state index contributed by atoms with van der Waals surface area (Å²) in [4.78, 5) is 25.1. The molecular weight excluding hydrogens is 630 g/mol. The van der Waals surface area contributed by atoms with E-state index in [0.717, 1.165) is 5.76 Å². The molecule has 2 amide bonds. The van der Waals surface area contributed by atoms with Gasteiger partial charge in [0, 0.05) is 37.9 Å². The number of allylic oxidation sites excluding steroid dienone is 2. The fourth-order valence-corrected chi connectivity index (χ4v) is 5.78. The minimum absolute atomic E-state index is 0.0179. The number of carbonyl (C=O) groups is 2. The predicted octanol–water partition coefficient (Wildman–Crippen LogP) is 1.79. The first-order chi connectivity index (χ1) is 22.2. The van der Waals surface area contributed by atoms with Crippen molar-refractivity contribution in [1.29, 1.82) is 0 Å². The highest BCUT2D eigenvalue weighted by molar-refractivity contribution is 5.68. The number of hydrogen-bond donors (Lipinski definition) is 7. The molecule has 1 aliphatic carbocycles. The van der Waals surface area contributed by atoms with Crippen LogP contribution in [-0.4, -0.2) is 124 Å². The largest absolute Gasteiger partial charge is 0.469 e. The Kier molecular flexibility index (Phi) is 13.9. The number of hydrogen-bond acceptors (Lipinski definition) is 13. The zero-order valence-electron chi connectivity index (χ0n) is 29.9. The summed E-state index contributed by atoms with van der Waals surface area (Å²) >= 11 is 0. The fourth-order valence-electron chi connectivity index (χ4n) is 5.78. The van der Waals surface area contributed by atoms with Gasteiger partial charge in [0.15, 0.2) is 6.29 Å². The first kappa shape index (κ1) is 40.2. The molecule has 48 heavy (non-hydrogen) atoms. The summed E-state index contributed by atoms with van der Waals surface area (Å²) in [6.07, 6.45) is -5.66. The maximum atomic E-state index is 13.0. The Balaban J connectivity index is 1.85. The van der Waals surface area contributed by atoms with E-state index in [9.17, 15) is 30.0 Å². The number of aliphatic hydroxyl groups excluding tert-OH is 3. The summed E-state index contributed by atoms with van der Waals surface area (Å²) in [6.45, 7) is 15.6. The maximum Gasteiger partial charge on any atom is 0.407 e. The SMILES string of the molecule is CCC1=CCC(C)C(OC2C(NC(=O)OC(C)(C)C)CC(NCC(O)CNC(=O)OC(C)(C)C)C(OC3OCC(C)(O)CC3O)C2O)O1. The molecule has 3 rings (SSSR count). The Labute approximate surface area is 284 Å². The molecule has 0 aromatic carbocycles. The molecule has 278 valence electrons. The van der Waals surface area contributed by atoms with Crippen LogP contribution in [-0.2, 0) is 28.4 Å². The Bertz CT molecular complexity index is 1090. The average Bonchev–Trinajstić information content (AvgIpc) is 2.94. The van der Waals surface area contributed by atoms with Crippen LogP contribution in [0.4, 0.5) is 9.59 Å². The minimum atomic E-state index is -1.40. The Morgan fingerprint density at radius 3 is 2.21 bits per heavy atom. The number of rotatable bonds is 11. The predicted molar refractivity (Wildman–Crippen MR) is 174 cm³/mol. The molecule has 2 fully saturated rings. The summed E-state index contributed by atoms with van der Waals surface area (Å²) in [6, 6.07) is -1.54. The van der Waals surface area contributed by atoms with Gasteiger partial charge in [-0.15, -0.1) is 0 Å². The Morgan fingerprint density at radius 1 is 1.00 bits per heavy atom. The van der Waals surface area contributed by atoms with Gasteiger partial charge < -0.3 is 64.8 Å². The summed E-state index contributed by atoms with van der Waals surface area (Å²) in [5.41, 5.74) is -2.76. The third-order valence-corrected chi connectivity index (χ3v) is 8.07. The van der Waals surface area contributed by atoms with Crippen molar-refractivity contribution in [2.24, 2.45) is 5.92 Å². The van der Waals surface area contributed by atoms with Gasteiger partial charge in [-0.1, -0.05) is 13.8 Å². The molecule has 11 atom stereocenters. The third kappa shape index (κ3) is 12.6. The van der Waals surface area contributed by atoms with Crippen LogP contribution in [0, 0.1) is 5.92 Å². The monoisotopic (exact) mass is 689 g/mol. The van der Waals surface area contributed by atoms with Crippen LogP contribution in [0.15, 0.2) is 11.8 Å². The van der Waals surface area contributed by atoms with Gasteiger partial charge in [0.25, 0.3) is 0 Å². The van der Waals surface area contributed by atoms with Crippen LogP contribution in [0.3, 0.4) is 0 Å². The lowest BCUT2D eigenvalue weighted by Gasteiger charge is -2.48. The molecule has 0 bridgehead atoms. The van der Waals surface area contributed by atoms with Crippen molar-refractivity contribution >= 4 is 12.2 Å². The number of carbonyl (C=O) groups excluding carboxylic acids is 2. The van der Waals surface area contributed by atoms with Gasteiger partial charge in [-0.3, -0.25) is 0 Å². The molecule has 2 heterocycles. The lowest BCUT2D eigenvalue weighted by molar-refractivity contribution is -0.299. The highest BCUT2D eigenvalue weighted by atomic mass is 16.7. The van der Waals surface area contributed by atoms with Crippen LogP contribution >= 0.6 is 0 Å². The molecule has 0 radical (unpaired) electrons. The van der Waals surface area contributed by atoms with Crippen LogP contribution in [0.1, 0.15) is 88.0 Å². The Hall–Kier alpha value is -2.24. The van der Waals surface area contributed by atoms with E-state index in [1.54, 1.807) is 48.5 Å². The second-order valence-electron chi connectivity index (χ2n) is 15.4. The van der Waals surface area contributed by atoms with E-state index in [0.29, 0.717) is 12.8 Å². The van der Waals surface area contributed by atoms with Crippen molar-refractivity contribution in [1.82, 2.24) is 16.0 Å². The molecule has 15 nitrogen and oxygen atoms in total. The second-order valence-corrected chi connectivity index (χ2v) is 15.4. The van der Waals surface area contributed by atoms with Gasteiger partial charge in [-0.2, -0.15) is 0 Å². The summed E-state index contributed by atoms with van der Waals surface area (Å²) in [5, 5.41) is 52.4. The van der Waals surface area contributed by atoms with Crippen molar-refractivity contribution in [2.45, 2.75) is 160 Å². The molecule has 0 spiro atoms. The molecule has 15 heteroatoms. The lowest BCUT2D eigenvalue weighted by atomic mass is 9.83. The third-order valence-electron chi connectivity index (χ3n) is 8.07. The number of amides is 2. The van der Waals surface area contributed by atoms with Crippen molar-refractivity contribution in [3.63, 3.8) is 0 Å². The van der Waals surface area contributed by atoms with Crippen molar-refractivity contribution < 1.29 is 58.4 Å². The quantitative estimate of drug-likeness (QED) is 0.165. The highest BCUT2D eigenvalue weighted by Crippen LogP contribution is 2.34. The maximum absolute atomic E-state index is 13.0. The van der Waals surface area contributed by atoms with Crippen molar-refractivity contribution in [3.05, 3.63) is 11.8 Å². The smallest absolute Gasteiger partial charge is 0.407 e. The van der Waals surface area contributed by atoms with E-state index < -0.39 is 84.2 Å². The molecule has 1 saturated carbocycles. The molecule has 7 N–H and O–H groups in total. The van der Waals surface area contributed by atoms with Gasteiger partial charge in [-0.25, -0.2) is 9.59 Å². The van der Waals surface area contributed by atoms with Crippen LogP contribution < -0.4 is 16.0 Å². The number of aliphatic hydroxyl groups is 4. The molecule has 2 aliphatic heterocycles. The van der Waals surface area contributed by atoms with E-state index in [-0.39, 0.29) is 38.5 Å². The number of nitrogens with one attached hydrogen (secondary N) is 3. The van der Waals surface area contributed by atoms with E-state index in [2.05, 4.69) is 16.0 Å². The first-order valence-electron chi connectivity index (χ1n) is 16.9. The van der Waals surface area contributed by atoms with E-state index >= 15 is 0 Å². The molecule has 0 aromatic rings. The van der Waals surface area contributed by atoms with Gasteiger partial charge in [0.05, 0.1) is 30.1 Å². The second kappa shape index (κ2) is 16.6. The highest BCUT2D eigenvalue weighted by Gasteiger charge is 2.50. The minimum Gasteiger partial charge on any atom is -0.469 e. The van der Waals surface area contributed by atoms with Crippen LogP contribution in [0.5, 0.6) is 0 Å². The standard InChI is InChI=1S/C33H59N3O12/c1-10-20-12-11-18(2)27(44-20)45-26-22(36-30(41)48-32(6,7)8)13-21(34-15-19(37)16-35-29(40)47-31(3,4)5)25(24(26)39)46-28-23(38)14-33(9,42)17-43-28/h12,18-19,21-28,34,37-39,42H,10-11,13-17H2,1-9H3,(H,35,40)(H,36,41). The lowest BCUT2D eigenvalue weighted by Crippen LogP contribution is -2.67. The van der Waals surface area contributed by atoms with E-state index in [4.69, 9.17) is 28.4 Å². The normalized spacial score (nSPS) is 35.1. The van der Waals surface area contributed by atoms with Crippen LogP contribution in [0.25, 0.3) is 0 Å². The Morgan fingerprint density at radius 2 is 1.60 bits per heavy atom. The van der Waals surface area contributed by atoms with Gasteiger partial charge in [-0.05, 0) is 67.4 Å². The molecule has 0 aromatic heterocycles. The van der Waals surface area contributed by atoms with Gasteiger partial charge in [0.2, 0.25) is 6.29 Å². The van der Waals surface area contributed by atoms with E-state index in [1.165, 1.54) is 0 Å². The van der Waals surface area contributed by atoms with E-state index in [1.807, 2.05) is 19.9 Å². The number of alkyl carbamates (subject to hydrolysis) is 2. The molecule has 1 saturated heterocycles. The first-order valence-corrected chi connectivity index (χ1v) is 16.9. The molecular formula is C33H59N3O12. The topological polar surface area (TPSA) is 207 Å². The fraction of sp³-hybridized carbons (Fsp3) is 0.879. The van der Waals surface area contributed by atoms with Gasteiger partial charge in [0.1, 0.15) is 35.6 Å². The summed E-state index contributed by atoms with van der Waals surface area (Å²) in [5.74, 6) is 0.690. The average molecular weight is 690 g/mol. The zero-order chi connectivity index (χ0) is 36.0. The summed E-state index contributed by atoms with van der Waals surface area (Å²) in [7, 11) is 0. The van der Waals surface area contributed by atoms with Gasteiger partial charge >= 0.3 is 12.2 Å². The molecule has 3 aliphatic rings. The zero-order valence-corrected chi connectivity index (χ0v) is 29.9.